The Hall–Kier alpha value is -0.130. The van der Waals surface area contributed by atoms with Crippen LogP contribution in [0.15, 0.2) is 0 Å². The van der Waals surface area contributed by atoms with Crippen molar-refractivity contribution >= 4 is 10.2 Å². The van der Waals surface area contributed by atoms with Crippen LogP contribution in [0.3, 0.4) is 0 Å². The topological polar surface area (TPSA) is 40.6 Å². The standard InChI is InChI=1S/C11H24N2O2S/c1-9(2)11-8-13(7-6-10(11)3)16(14,15)12(4)5/h9-11H,6-8H2,1-5H3/t10-,11-/m1/s1. The normalized spacial score (nSPS) is 28.9. The van der Waals surface area contributed by atoms with Crippen LogP contribution in [0.1, 0.15) is 27.2 Å². The molecule has 0 N–H and O–H groups in total. The molecular formula is C11H24N2O2S. The average molecular weight is 248 g/mol. The fourth-order valence-corrected chi connectivity index (χ4v) is 3.53. The molecule has 0 aromatic carbocycles. The van der Waals surface area contributed by atoms with Crippen LogP contribution in [0.25, 0.3) is 0 Å². The Kier molecular flexibility index (Phi) is 4.37. The van der Waals surface area contributed by atoms with Gasteiger partial charge >= 0.3 is 0 Å². The second-order valence-corrected chi connectivity index (χ2v) is 7.46. The van der Waals surface area contributed by atoms with Crippen LogP contribution in [-0.4, -0.2) is 44.2 Å². The van der Waals surface area contributed by atoms with Gasteiger partial charge < -0.3 is 0 Å². The minimum atomic E-state index is -3.22. The van der Waals surface area contributed by atoms with E-state index in [1.165, 1.54) is 4.31 Å². The maximum absolute atomic E-state index is 12.0. The van der Waals surface area contributed by atoms with E-state index in [0.29, 0.717) is 30.8 Å². The maximum atomic E-state index is 12.0. The van der Waals surface area contributed by atoms with Crippen molar-refractivity contribution in [2.24, 2.45) is 17.8 Å². The largest absolute Gasteiger partial charge is 0.281 e. The molecule has 2 atom stereocenters. The van der Waals surface area contributed by atoms with E-state index >= 15 is 0 Å². The molecule has 0 amide bonds. The first kappa shape index (κ1) is 13.9. The van der Waals surface area contributed by atoms with Gasteiger partial charge in [0.05, 0.1) is 0 Å². The molecule has 0 saturated carbocycles. The van der Waals surface area contributed by atoms with Gasteiger partial charge in [0.25, 0.3) is 10.2 Å². The van der Waals surface area contributed by atoms with Crippen molar-refractivity contribution in [3.8, 4) is 0 Å². The zero-order valence-electron chi connectivity index (χ0n) is 11.0. The molecule has 0 aromatic rings. The quantitative estimate of drug-likeness (QED) is 0.757. The molecule has 1 fully saturated rings. The van der Waals surface area contributed by atoms with Gasteiger partial charge in [0.1, 0.15) is 0 Å². The molecule has 0 spiro atoms. The van der Waals surface area contributed by atoms with Gasteiger partial charge in [0.2, 0.25) is 0 Å². The van der Waals surface area contributed by atoms with Gasteiger partial charge in [-0.05, 0) is 24.2 Å². The van der Waals surface area contributed by atoms with E-state index < -0.39 is 10.2 Å². The predicted molar refractivity (Wildman–Crippen MR) is 66.3 cm³/mol. The Balaban J connectivity index is 2.80. The van der Waals surface area contributed by atoms with E-state index in [2.05, 4.69) is 20.8 Å². The number of rotatable bonds is 3. The van der Waals surface area contributed by atoms with Crippen LogP contribution in [0, 0.1) is 17.8 Å². The summed E-state index contributed by atoms with van der Waals surface area (Å²) >= 11 is 0. The summed E-state index contributed by atoms with van der Waals surface area (Å²) < 4.78 is 27.0. The van der Waals surface area contributed by atoms with Crippen LogP contribution in [0.2, 0.25) is 0 Å². The molecule has 0 aliphatic carbocycles. The van der Waals surface area contributed by atoms with E-state index in [-0.39, 0.29) is 0 Å². The lowest BCUT2D eigenvalue weighted by atomic mass is 9.80. The van der Waals surface area contributed by atoms with Crippen molar-refractivity contribution < 1.29 is 8.42 Å². The zero-order valence-corrected chi connectivity index (χ0v) is 11.8. The highest BCUT2D eigenvalue weighted by Gasteiger charge is 2.34. The minimum Gasteiger partial charge on any atom is -0.195 e. The van der Waals surface area contributed by atoms with E-state index in [1.54, 1.807) is 18.4 Å². The summed E-state index contributed by atoms with van der Waals surface area (Å²) in [6.45, 7) is 7.90. The fourth-order valence-electron chi connectivity index (χ4n) is 2.38. The first-order chi connectivity index (χ1) is 7.26. The van der Waals surface area contributed by atoms with Crippen molar-refractivity contribution in [1.29, 1.82) is 0 Å². The van der Waals surface area contributed by atoms with Gasteiger partial charge in [0.15, 0.2) is 0 Å². The van der Waals surface area contributed by atoms with E-state index in [0.717, 1.165) is 6.42 Å². The summed E-state index contributed by atoms with van der Waals surface area (Å²) in [5.74, 6) is 1.63. The maximum Gasteiger partial charge on any atom is 0.281 e. The molecule has 1 saturated heterocycles. The smallest absolute Gasteiger partial charge is 0.195 e. The van der Waals surface area contributed by atoms with Crippen molar-refractivity contribution in [2.45, 2.75) is 27.2 Å². The molecule has 0 bridgehead atoms. The number of piperidine rings is 1. The van der Waals surface area contributed by atoms with Crippen LogP contribution < -0.4 is 0 Å². The van der Waals surface area contributed by atoms with Gasteiger partial charge in [-0.25, -0.2) is 0 Å². The predicted octanol–water partition coefficient (Wildman–Crippen LogP) is 1.41. The number of hydrogen-bond donors (Lipinski definition) is 0. The van der Waals surface area contributed by atoms with Gasteiger partial charge in [-0.3, -0.25) is 0 Å². The lowest BCUT2D eigenvalue weighted by molar-refractivity contribution is 0.150. The molecule has 0 radical (unpaired) electrons. The minimum absolute atomic E-state index is 0.475. The third-order valence-electron chi connectivity index (χ3n) is 3.62. The van der Waals surface area contributed by atoms with Gasteiger partial charge in [-0.2, -0.15) is 17.0 Å². The highest BCUT2D eigenvalue weighted by atomic mass is 32.2. The highest BCUT2D eigenvalue weighted by Crippen LogP contribution is 2.30. The monoisotopic (exact) mass is 248 g/mol. The van der Waals surface area contributed by atoms with Crippen LogP contribution >= 0.6 is 0 Å². The molecule has 0 unspecified atom stereocenters. The Bertz CT molecular complexity index is 325. The summed E-state index contributed by atoms with van der Waals surface area (Å²) in [4.78, 5) is 0. The molecule has 4 nitrogen and oxygen atoms in total. The van der Waals surface area contributed by atoms with E-state index in [4.69, 9.17) is 0 Å². The molecule has 1 aliphatic heterocycles. The molecule has 0 aromatic heterocycles. The van der Waals surface area contributed by atoms with Crippen molar-refractivity contribution in [2.75, 3.05) is 27.2 Å². The van der Waals surface area contributed by atoms with Gasteiger partial charge in [-0.15, -0.1) is 0 Å². The number of hydrogen-bond acceptors (Lipinski definition) is 2. The molecule has 5 heteroatoms. The fraction of sp³-hybridized carbons (Fsp3) is 1.00. The van der Waals surface area contributed by atoms with Crippen LogP contribution in [0.5, 0.6) is 0 Å². The average Bonchev–Trinajstić information content (AvgIpc) is 2.17. The summed E-state index contributed by atoms with van der Waals surface area (Å²) in [5.41, 5.74) is 0. The Labute approximate surface area is 99.8 Å². The lowest BCUT2D eigenvalue weighted by Gasteiger charge is -2.39. The third kappa shape index (κ3) is 2.76. The van der Waals surface area contributed by atoms with Crippen molar-refractivity contribution in [1.82, 2.24) is 8.61 Å². The van der Waals surface area contributed by atoms with Crippen molar-refractivity contribution in [3.63, 3.8) is 0 Å². The Morgan fingerprint density at radius 3 is 2.31 bits per heavy atom. The first-order valence-electron chi connectivity index (χ1n) is 5.94. The summed E-state index contributed by atoms with van der Waals surface area (Å²) in [6, 6.07) is 0. The van der Waals surface area contributed by atoms with Gasteiger partial charge in [-0.1, -0.05) is 20.8 Å². The second-order valence-electron chi connectivity index (χ2n) is 5.32. The zero-order chi connectivity index (χ0) is 12.5. The Morgan fingerprint density at radius 2 is 1.88 bits per heavy atom. The summed E-state index contributed by atoms with van der Waals surface area (Å²) in [7, 11) is -0.0332. The first-order valence-corrected chi connectivity index (χ1v) is 7.34. The molecule has 1 heterocycles. The molecule has 1 aliphatic rings. The molecule has 96 valence electrons. The third-order valence-corrected chi connectivity index (χ3v) is 5.53. The van der Waals surface area contributed by atoms with Crippen LogP contribution in [0.4, 0.5) is 0 Å². The Morgan fingerprint density at radius 1 is 1.31 bits per heavy atom. The van der Waals surface area contributed by atoms with E-state index in [1.807, 2.05) is 0 Å². The number of nitrogens with zero attached hydrogens (tertiary/aromatic N) is 2. The molecular weight excluding hydrogens is 224 g/mol. The molecule has 1 rings (SSSR count). The van der Waals surface area contributed by atoms with Crippen LogP contribution in [-0.2, 0) is 10.2 Å². The lowest BCUT2D eigenvalue weighted by Crippen LogP contribution is -2.48. The second kappa shape index (κ2) is 5.02. The van der Waals surface area contributed by atoms with E-state index in [9.17, 15) is 8.42 Å². The van der Waals surface area contributed by atoms with Gasteiger partial charge in [0, 0.05) is 27.2 Å². The SMILES string of the molecule is CC(C)[C@H]1CN(S(=O)(=O)N(C)C)CC[C@H]1C. The van der Waals surface area contributed by atoms with Crippen molar-refractivity contribution in [3.05, 3.63) is 0 Å². The highest BCUT2D eigenvalue weighted by molar-refractivity contribution is 7.86. The summed E-state index contributed by atoms with van der Waals surface area (Å²) in [6.07, 6.45) is 0.968. The molecule has 16 heavy (non-hydrogen) atoms. The summed E-state index contributed by atoms with van der Waals surface area (Å²) in [5, 5.41) is 0.